The highest BCUT2D eigenvalue weighted by atomic mass is 16.4. The lowest BCUT2D eigenvalue weighted by molar-refractivity contribution is -0.152. The number of carbonyl (C=O) groups excluding carboxylic acids is 4. The predicted molar refractivity (Wildman–Crippen MR) is 111 cm³/mol. The van der Waals surface area contributed by atoms with Crippen LogP contribution in [0.3, 0.4) is 0 Å². The quantitative estimate of drug-likeness (QED) is 0.363. The summed E-state index contributed by atoms with van der Waals surface area (Å²) in [6.45, 7) is 6.46. The Morgan fingerprint density at radius 1 is 0.742 bits per heavy atom. The van der Waals surface area contributed by atoms with Crippen molar-refractivity contribution >= 4 is 29.6 Å². The summed E-state index contributed by atoms with van der Waals surface area (Å²) in [6, 6.07) is 0. The number of piperazine rings is 2. The average Bonchev–Trinajstić information content (AvgIpc) is 2.69. The smallest absolute Gasteiger partial charge is 0.317 e. The van der Waals surface area contributed by atoms with Gasteiger partial charge in [0.1, 0.15) is 0 Å². The van der Waals surface area contributed by atoms with Gasteiger partial charge in [-0.3, -0.25) is 48.5 Å². The second-order valence-corrected chi connectivity index (χ2v) is 7.97. The maximum absolute atomic E-state index is 12.2. The molecule has 4 amide bonds. The first-order valence-electron chi connectivity index (χ1n) is 10.8. The van der Waals surface area contributed by atoms with Crippen LogP contribution in [-0.2, 0) is 24.0 Å². The van der Waals surface area contributed by atoms with Gasteiger partial charge in [0.05, 0.1) is 32.7 Å². The van der Waals surface area contributed by atoms with Crippen LogP contribution in [-0.4, -0.2) is 131 Å². The van der Waals surface area contributed by atoms with E-state index in [0.717, 1.165) is 0 Å². The number of carboxylic acids is 1. The minimum Gasteiger partial charge on any atom is -0.480 e. The number of imide groups is 2. The summed E-state index contributed by atoms with van der Waals surface area (Å²) in [5.74, 6) is -1.91. The van der Waals surface area contributed by atoms with Crippen molar-refractivity contribution in [1.82, 2.24) is 24.5 Å². The van der Waals surface area contributed by atoms with E-state index in [9.17, 15) is 29.1 Å². The zero-order chi connectivity index (χ0) is 23.0. The number of aliphatic carboxylic acids is 1. The predicted octanol–water partition coefficient (Wildman–Crippen LogP) is -1.47. The first-order chi connectivity index (χ1) is 14.7. The van der Waals surface area contributed by atoms with E-state index >= 15 is 0 Å². The Morgan fingerprint density at radius 3 is 1.39 bits per heavy atom. The zero-order valence-corrected chi connectivity index (χ0v) is 18.4. The number of hydrogen-bond donors (Lipinski definition) is 1. The summed E-state index contributed by atoms with van der Waals surface area (Å²) in [4.78, 5) is 67.7. The molecule has 2 heterocycles. The molecule has 2 aliphatic heterocycles. The molecule has 174 valence electrons. The SMILES string of the molecule is CCCN1C(=O)CN(CCN(CCN2CC(=O)N(CCC)C(=O)C2)CC(=O)O)CC1=O. The number of amides is 4. The van der Waals surface area contributed by atoms with Gasteiger partial charge in [0.2, 0.25) is 23.6 Å². The van der Waals surface area contributed by atoms with Gasteiger partial charge in [-0.05, 0) is 12.8 Å². The minimum absolute atomic E-state index is 0.134. The average molecular weight is 440 g/mol. The molecule has 0 radical (unpaired) electrons. The van der Waals surface area contributed by atoms with Crippen LogP contribution >= 0.6 is 0 Å². The minimum atomic E-state index is -0.986. The van der Waals surface area contributed by atoms with Gasteiger partial charge in [-0.25, -0.2) is 0 Å². The molecule has 0 aromatic heterocycles. The molecule has 0 atom stereocenters. The van der Waals surface area contributed by atoms with Gasteiger partial charge in [-0.15, -0.1) is 0 Å². The molecule has 0 aromatic rings. The summed E-state index contributed by atoms with van der Waals surface area (Å²) in [5.41, 5.74) is 0. The molecule has 11 nitrogen and oxygen atoms in total. The monoisotopic (exact) mass is 439 g/mol. The van der Waals surface area contributed by atoms with E-state index in [-0.39, 0.29) is 56.4 Å². The molecule has 31 heavy (non-hydrogen) atoms. The lowest BCUT2D eigenvalue weighted by atomic mass is 10.2. The number of carbonyl (C=O) groups is 5. The molecule has 2 aliphatic rings. The van der Waals surface area contributed by atoms with E-state index in [1.54, 1.807) is 14.7 Å². The second kappa shape index (κ2) is 11.9. The lowest BCUT2D eigenvalue weighted by Crippen LogP contribution is -2.56. The van der Waals surface area contributed by atoms with E-state index in [0.29, 0.717) is 52.1 Å². The topological polar surface area (TPSA) is 122 Å². The molecule has 0 saturated carbocycles. The summed E-state index contributed by atoms with van der Waals surface area (Å²) in [7, 11) is 0. The fourth-order valence-electron chi connectivity index (χ4n) is 3.79. The maximum atomic E-state index is 12.2. The van der Waals surface area contributed by atoms with Crippen molar-refractivity contribution in [2.75, 3.05) is 72.0 Å². The molecular weight excluding hydrogens is 406 g/mol. The molecular formula is C20H33N5O6. The normalized spacial score (nSPS) is 19.1. The molecule has 2 saturated heterocycles. The Labute approximate surface area is 182 Å². The van der Waals surface area contributed by atoms with Gasteiger partial charge in [-0.2, -0.15) is 0 Å². The fourth-order valence-corrected chi connectivity index (χ4v) is 3.79. The van der Waals surface area contributed by atoms with Gasteiger partial charge >= 0.3 is 5.97 Å². The fraction of sp³-hybridized carbons (Fsp3) is 0.750. The van der Waals surface area contributed by atoms with Crippen molar-refractivity contribution in [3.8, 4) is 0 Å². The molecule has 0 spiro atoms. The van der Waals surface area contributed by atoms with E-state index in [1.807, 2.05) is 13.8 Å². The van der Waals surface area contributed by atoms with E-state index in [4.69, 9.17) is 0 Å². The van der Waals surface area contributed by atoms with E-state index < -0.39 is 5.97 Å². The number of hydrogen-bond acceptors (Lipinski definition) is 8. The van der Waals surface area contributed by atoms with Crippen LogP contribution in [0.25, 0.3) is 0 Å². The van der Waals surface area contributed by atoms with Crippen LogP contribution in [0, 0.1) is 0 Å². The molecule has 2 rings (SSSR count). The van der Waals surface area contributed by atoms with Crippen molar-refractivity contribution in [2.45, 2.75) is 26.7 Å². The number of rotatable bonds is 12. The first-order valence-corrected chi connectivity index (χ1v) is 10.8. The highest BCUT2D eigenvalue weighted by Gasteiger charge is 2.32. The van der Waals surface area contributed by atoms with Crippen molar-refractivity contribution in [2.24, 2.45) is 0 Å². The van der Waals surface area contributed by atoms with Gasteiger partial charge in [0.15, 0.2) is 0 Å². The van der Waals surface area contributed by atoms with Crippen LogP contribution in [0.4, 0.5) is 0 Å². The molecule has 0 aromatic carbocycles. The first kappa shape index (κ1) is 24.9. The van der Waals surface area contributed by atoms with E-state index in [1.165, 1.54) is 9.80 Å². The molecule has 2 fully saturated rings. The van der Waals surface area contributed by atoms with Gasteiger partial charge < -0.3 is 5.11 Å². The third kappa shape index (κ3) is 7.37. The van der Waals surface area contributed by atoms with Crippen LogP contribution in [0.2, 0.25) is 0 Å². The van der Waals surface area contributed by atoms with Crippen LogP contribution < -0.4 is 0 Å². The summed E-state index contributed by atoms with van der Waals surface area (Å²) in [5, 5.41) is 9.21. The van der Waals surface area contributed by atoms with Crippen LogP contribution in [0.15, 0.2) is 0 Å². The Hall–Kier alpha value is -2.37. The molecule has 0 unspecified atom stereocenters. The second-order valence-electron chi connectivity index (χ2n) is 7.97. The number of nitrogens with zero attached hydrogens (tertiary/aromatic N) is 5. The highest BCUT2D eigenvalue weighted by molar-refractivity contribution is 6.00. The zero-order valence-electron chi connectivity index (χ0n) is 18.4. The van der Waals surface area contributed by atoms with Crippen LogP contribution in [0.1, 0.15) is 26.7 Å². The van der Waals surface area contributed by atoms with Crippen molar-refractivity contribution in [1.29, 1.82) is 0 Å². The van der Waals surface area contributed by atoms with Crippen molar-refractivity contribution in [3.63, 3.8) is 0 Å². The van der Waals surface area contributed by atoms with Crippen LogP contribution in [0.5, 0.6) is 0 Å². The third-order valence-corrected chi connectivity index (χ3v) is 5.36. The summed E-state index contributed by atoms with van der Waals surface area (Å²) >= 11 is 0. The van der Waals surface area contributed by atoms with Gasteiger partial charge in [0, 0.05) is 39.3 Å². The molecule has 0 bridgehead atoms. The third-order valence-electron chi connectivity index (χ3n) is 5.36. The Kier molecular flexibility index (Phi) is 9.53. The lowest BCUT2D eigenvalue weighted by Gasteiger charge is -2.35. The van der Waals surface area contributed by atoms with E-state index in [2.05, 4.69) is 0 Å². The van der Waals surface area contributed by atoms with Crippen molar-refractivity contribution in [3.05, 3.63) is 0 Å². The van der Waals surface area contributed by atoms with Gasteiger partial charge in [-0.1, -0.05) is 13.8 Å². The summed E-state index contributed by atoms with van der Waals surface area (Å²) in [6.07, 6.45) is 1.42. The molecule has 11 heteroatoms. The van der Waals surface area contributed by atoms with Gasteiger partial charge in [0.25, 0.3) is 0 Å². The maximum Gasteiger partial charge on any atom is 0.317 e. The Morgan fingerprint density at radius 2 is 1.10 bits per heavy atom. The largest absolute Gasteiger partial charge is 0.480 e. The molecule has 0 aliphatic carbocycles. The summed E-state index contributed by atoms with van der Waals surface area (Å²) < 4.78 is 0. The highest BCUT2D eigenvalue weighted by Crippen LogP contribution is 2.08. The molecule has 1 N–H and O–H groups in total. The Balaban J connectivity index is 1.85. The number of carboxylic acid groups (broad SMARTS) is 1. The van der Waals surface area contributed by atoms with Crippen molar-refractivity contribution < 1.29 is 29.1 Å². The standard InChI is InChI=1S/C20H33N5O6/c1-3-5-24-16(26)11-22(12-17(24)27)9-7-21(15-20(30)31)8-10-23-13-18(28)25(6-4-2)19(29)14-23/h3-15H2,1-2H3,(H,30,31). The Bertz CT molecular complexity index is 614.